The van der Waals surface area contributed by atoms with Gasteiger partial charge in [0.25, 0.3) is 0 Å². The fourth-order valence-electron chi connectivity index (χ4n) is 0.805. The molecule has 1 aromatic rings. The van der Waals surface area contributed by atoms with E-state index in [4.69, 9.17) is 5.73 Å². The highest BCUT2D eigenvalue weighted by Crippen LogP contribution is 2.07. The van der Waals surface area contributed by atoms with Gasteiger partial charge in [-0.2, -0.15) is 0 Å². The first kappa shape index (κ1) is 11.1. The number of nitrogens with two attached hydrogens (primary N) is 1. The molecule has 12 heavy (non-hydrogen) atoms. The average Bonchev–Trinajstić information content (AvgIpc) is 2.03. The predicted molar refractivity (Wildman–Crippen MR) is 51.7 cm³/mol. The minimum atomic E-state index is -0.211. The van der Waals surface area contributed by atoms with Gasteiger partial charge in [-0.1, -0.05) is 30.4 Å². The molecule has 0 saturated heterocycles. The number of benzene rings is 1. The molecule has 1 aromatic carbocycles. The van der Waals surface area contributed by atoms with E-state index in [1.165, 1.54) is 6.07 Å². The largest absolute Gasteiger partial charge is 0.327 e. The van der Waals surface area contributed by atoms with Crippen LogP contribution in [-0.2, 0) is 0 Å². The SMILES string of the molecule is Cl.NCC=Cc1ccccc1F. The predicted octanol–water partition coefficient (Wildman–Crippen LogP) is 2.22. The highest BCUT2D eigenvalue weighted by atomic mass is 35.5. The molecule has 0 aliphatic heterocycles. The highest BCUT2D eigenvalue weighted by molar-refractivity contribution is 5.85. The van der Waals surface area contributed by atoms with Crippen LogP contribution >= 0.6 is 12.4 Å². The number of halogens is 2. The lowest BCUT2D eigenvalue weighted by Gasteiger charge is -1.93. The summed E-state index contributed by atoms with van der Waals surface area (Å²) in [4.78, 5) is 0. The third-order valence-electron chi connectivity index (χ3n) is 1.34. The zero-order valence-corrected chi connectivity index (χ0v) is 7.35. The molecule has 0 fully saturated rings. The van der Waals surface area contributed by atoms with Crippen molar-refractivity contribution in [1.82, 2.24) is 0 Å². The normalized spacial score (nSPS) is 9.83. The second-order valence-corrected chi connectivity index (χ2v) is 2.16. The third-order valence-corrected chi connectivity index (χ3v) is 1.34. The fourth-order valence-corrected chi connectivity index (χ4v) is 0.805. The first-order valence-corrected chi connectivity index (χ1v) is 3.45. The molecule has 1 nitrogen and oxygen atoms in total. The Bertz CT molecular complexity index is 260. The second-order valence-electron chi connectivity index (χ2n) is 2.16. The van der Waals surface area contributed by atoms with Crippen molar-refractivity contribution in [3.8, 4) is 0 Å². The first-order valence-electron chi connectivity index (χ1n) is 3.45. The fraction of sp³-hybridized carbons (Fsp3) is 0.111. The summed E-state index contributed by atoms with van der Waals surface area (Å²) >= 11 is 0. The zero-order valence-electron chi connectivity index (χ0n) is 6.53. The molecule has 0 saturated carbocycles. The maximum atomic E-state index is 12.8. The monoisotopic (exact) mass is 187 g/mol. The van der Waals surface area contributed by atoms with Crippen molar-refractivity contribution in [1.29, 1.82) is 0 Å². The van der Waals surface area contributed by atoms with Gasteiger partial charge in [0.1, 0.15) is 5.82 Å². The molecule has 1 rings (SSSR count). The molecule has 0 atom stereocenters. The van der Waals surface area contributed by atoms with Gasteiger partial charge in [-0.05, 0) is 6.07 Å². The lowest BCUT2D eigenvalue weighted by molar-refractivity contribution is 0.625. The topological polar surface area (TPSA) is 26.0 Å². The van der Waals surface area contributed by atoms with Gasteiger partial charge < -0.3 is 5.73 Å². The molecule has 0 aromatic heterocycles. The summed E-state index contributed by atoms with van der Waals surface area (Å²) in [6.07, 6.45) is 3.40. The maximum absolute atomic E-state index is 12.8. The molecular weight excluding hydrogens is 177 g/mol. The molecule has 0 heterocycles. The van der Waals surface area contributed by atoms with Crippen LogP contribution in [0.2, 0.25) is 0 Å². The van der Waals surface area contributed by atoms with Crippen LogP contribution < -0.4 is 5.73 Å². The van der Waals surface area contributed by atoms with Crippen molar-refractivity contribution in [2.75, 3.05) is 6.54 Å². The minimum Gasteiger partial charge on any atom is -0.327 e. The Balaban J connectivity index is 0.00000121. The van der Waals surface area contributed by atoms with Crippen LogP contribution in [0.25, 0.3) is 6.08 Å². The lowest BCUT2D eigenvalue weighted by atomic mass is 10.2. The number of hydrogen-bond acceptors (Lipinski definition) is 1. The van der Waals surface area contributed by atoms with Crippen molar-refractivity contribution in [3.05, 3.63) is 41.7 Å². The Kier molecular flexibility index (Phi) is 5.34. The molecule has 0 spiro atoms. The van der Waals surface area contributed by atoms with Crippen LogP contribution in [0.1, 0.15) is 5.56 Å². The number of hydrogen-bond donors (Lipinski definition) is 1. The van der Waals surface area contributed by atoms with Gasteiger partial charge in [0.2, 0.25) is 0 Å². The summed E-state index contributed by atoms with van der Waals surface area (Å²) in [5, 5.41) is 0. The first-order chi connectivity index (χ1) is 5.34. The van der Waals surface area contributed by atoms with Crippen LogP contribution in [0.4, 0.5) is 4.39 Å². The summed E-state index contributed by atoms with van der Waals surface area (Å²) in [5.41, 5.74) is 5.80. The molecule has 66 valence electrons. The maximum Gasteiger partial charge on any atom is 0.130 e. The van der Waals surface area contributed by atoms with E-state index in [9.17, 15) is 4.39 Å². The summed E-state index contributed by atoms with van der Waals surface area (Å²) in [7, 11) is 0. The van der Waals surface area contributed by atoms with Crippen molar-refractivity contribution < 1.29 is 4.39 Å². The number of rotatable bonds is 2. The summed E-state index contributed by atoms with van der Waals surface area (Å²) in [5.74, 6) is -0.211. The van der Waals surface area contributed by atoms with Gasteiger partial charge in [0, 0.05) is 12.1 Å². The van der Waals surface area contributed by atoms with Crippen molar-refractivity contribution >= 4 is 18.5 Å². The zero-order chi connectivity index (χ0) is 8.10. The van der Waals surface area contributed by atoms with E-state index in [2.05, 4.69) is 0 Å². The molecule has 0 unspecified atom stereocenters. The van der Waals surface area contributed by atoms with Gasteiger partial charge in [0.15, 0.2) is 0 Å². The second kappa shape index (κ2) is 5.75. The van der Waals surface area contributed by atoms with E-state index in [1.807, 2.05) is 0 Å². The van der Waals surface area contributed by atoms with Crippen LogP contribution in [0, 0.1) is 5.82 Å². The van der Waals surface area contributed by atoms with Crippen molar-refractivity contribution in [2.24, 2.45) is 5.73 Å². The summed E-state index contributed by atoms with van der Waals surface area (Å²) < 4.78 is 12.8. The van der Waals surface area contributed by atoms with Gasteiger partial charge in [-0.15, -0.1) is 12.4 Å². The molecule has 0 aliphatic rings. The Morgan fingerprint density at radius 2 is 2.00 bits per heavy atom. The van der Waals surface area contributed by atoms with E-state index >= 15 is 0 Å². The quantitative estimate of drug-likeness (QED) is 0.755. The third kappa shape index (κ3) is 3.03. The Morgan fingerprint density at radius 3 is 2.58 bits per heavy atom. The van der Waals surface area contributed by atoms with Crippen LogP contribution in [-0.4, -0.2) is 6.54 Å². The van der Waals surface area contributed by atoms with E-state index in [0.717, 1.165) is 0 Å². The van der Waals surface area contributed by atoms with Gasteiger partial charge in [0.05, 0.1) is 0 Å². The van der Waals surface area contributed by atoms with Crippen molar-refractivity contribution in [2.45, 2.75) is 0 Å². The summed E-state index contributed by atoms with van der Waals surface area (Å²) in [6.45, 7) is 0.439. The van der Waals surface area contributed by atoms with E-state index in [1.54, 1.807) is 30.4 Å². The van der Waals surface area contributed by atoms with Gasteiger partial charge in [-0.3, -0.25) is 0 Å². The molecule has 2 N–H and O–H groups in total. The highest BCUT2D eigenvalue weighted by Gasteiger charge is 1.92. The van der Waals surface area contributed by atoms with Crippen LogP contribution in [0.5, 0.6) is 0 Å². The Morgan fingerprint density at radius 1 is 1.33 bits per heavy atom. The summed E-state index contributed by atoms with van der Waals surface area (Å²) in [6, 6.07) is 6.59. The van der Waals surface area contributed by atoms with E-state index in [0.29, 0.717) is 12.1 Å². The standard InChI is InChI=1S/C9H10FN.ClH/c10-9-6-2-1-4-8(9)5-3-7-11;/h1-6H,7,11H2;1H. The van der Waals surface area contributed by atoms with Crippen molar-refractivity contribution in [3.63, 3.8) is 0 Å². The van der Waals surface area contributed by atoms with Gasteiger partial charge >= 0.3 is 0 Å². The Labute approximate surface area is 77.5 Å². The van der Waals surface area contributed by atoms with E-state index < -0.39 is 0 Å². The van der Waals surface area contributed by atoms with E-state index in [-0.39, 0.29) is 18.2 Å². The minimum absolute atomic E-state index is 0. The molecule has 0 amide bonds. The Hall–Kier alpha value is -0.860. The molecular formula is C9H11ClFN. The smallest absolute Gasteiger partial charge is 0.130 e. The molecule has 3 heteroatoms. The molecule has 0 aliphatic carbocycles. The lowest BCUT2D eigenvalue weighted by Crippen LogP contribution is -1.92. The molecule has 0 radical (unpaired) electrons. The average molecular weight is 188 g/mol. The van der Waals surface area contributed by atoms with Gasteiger partial charge in [-0.25, -0.2) is 4.39 Å². The van der Waals surface area contributed by atoms with Crippen LogP contribution in [0.3, 0.4) is 0 Å². The van der Waals surface area contributed by atoms with Crippen LogP contribution in [0.15, 0.2) is 30.3 Å². The molecule has 0 bridgehead atoms.